The van der Waals surface area contributed by atoms with Crippen molar-refractivity contribution >= 4 is 27.8 Å². The maximum Gasteiger partial charge on any atom is 0.352 e. The maximum absolute atomic E-state index is 12.2. The van der Waals surface area contributed by atoms with Crippen molar-refractivity contribution in [2.75, 3.05) is 24.7 Å². The number of aromatic carboxylic acids is 1. The van der Waals surface area contributed by atoms with Crippen LogP contribution in [0.2, 0.25) is 0 Å². The molecule has 0 aliphatic rings. The number of thioether (sulfide) groups is 1. The summed E-state index contributed by atoms with van der Waals surface area (Å²) < 4.78 is 26.9. The number of hydrogen-bond acceptors (Lipinski definition) is 5. The number of H-pyrrole nitrogens is 1. The van der Waals surface area contributed by atoms with Gasteiger partial charge >= 0.3 is 5.97 Å². The van der Waals surface area contributed by atoms with E-state index >= 15 is 0 Å². The van der Waals surface area contributed by atoms with Crippen molar-refractivity contribution < 1.29 is 23.4 Å². The first-order valence-electron chi connectivity index (χ1n) is 6.42. The Labute approximate surface area is 128 Å². The SMILES string of the molecule is Cc1[nH]c(C(=O)O)c(C)c1S(=O)(=O)NCCSCCCO. The van der Waals surface area contributed by atoms with Crippen molar-refractivity contribution in [1.82, 2.24) is 9.71 Å². The molecule has 0 radical (unpaired) electrons. The Morgan fingerprint density at radius 3 is 2.52 bits per heavy atom. The predicted molar refractivity (Wildman–Crippen MR) is 81.4 cm³/mol. The number of carboxylic acid groups (broad SMARTS) is 1. The summed E-state index contributed by atoms with van der Waals surface area (Å²) in [7, 11) is -3.73. The molecule has 0 aromatic carbocycles. The summed E-state index contributed by atoms with van der Waals surface area (Å²) in [5.74, 6) is 0.175. The third-order valence-electron chi connectivity index (χ3n) is 2.84. The van der Waals surface area contributed by atoms with Crippen LogP contribution in [0.5, 0.6) is 0 Å². The van der Waals surface area contributed by atoms with Gasteiger partial charge in [0.1, 0.15) is 10.6 Å². The summed E-state index contributed by atoms with van der Waals surface area (Å²) in [6, 6.07) is 0. The van der Waals surface area contributed by atoms with E-state index in [1.807, 2.05) is 0 Å². The van der Waals surface area contributed by atoms with Crippen molar-refractivity contribution in [3.63, 3.8) is 0 Å². The molecule has 0 bridgehead atoms. The lowest BCUT2D eigenvalue weighted by Crippen LogP contribution is -2.27. The molecular weight excluding hydrogens is 316 g/mol. The molecule has 0 saturated carbocycles. The van der Waals surface area contributed by atoms with E-state index in [4.69, 9.17) is 10.2 Å². The van der Waals surface area contributed by atoms with E-state index in [9.17, 15) is 13.2 Å². The molecule has 9 heteroatoms. The van der Waals surface area contributed by atoms with Crippen LogP contribution < -0.4 is 4.72 Å². The first-order chi connectivity index (χ1) is 9.81. The number of carboxylic acids is 1. The minimum Gasteiger partial charge on any atom is -0.477 e. The van der Waals surface area contributed by atoms with Gasteiger partial charge in [0.15, 0.2) is 0 Å². The van der Waals surface area contributed by atoms with E-state index in [1.54, 1.807) is 11.8 Å². The monoisotopic (exact) mass is 336 g/mol. The molecule has 7 nitrogen and oxygen atoms in total. The summed E-state index contributed by atoms with van der Waals surface area (Å²) in [5, 5.41) is 17.6. The highest BCUT2D eigenvalue weighted by molar-refractivity contribution is 7.99. The molecule has 120 valence electrons. The fraction of sp³-hybridized carbons (Fsp3) is 0.583. The van der Waals surface area contributed by atoms with Crippen molar-refractivity contribution in [2.24, 2.45) is 0 Å². The lowest BCUT2D eigenvalue weighted by atomic mass is 10.2. The van der Waals surface area contributed by atoms with Gasteiger partial charge in [-0.3, -0.25) is 0 Å². The van der Waals surface area contributed by atoms with Gasteiger partial charge in [-0.15, -0.1) is 0 Å². The summed E-state index contributed by atoms with van der Waals surface area (Å²) in [6.07, 6.45) is 0.676. The molecule has 0 unspecified atom stereocenters. The lowest BCUT2D eigenvalue weighted by Gasteiger charge is -2.07. The number of hydrogen-bond donors (Lipinski definition) is 4. The second kappa shape index (κ2) is 7.83. The maximum atomic E-state index is 12.2. The van der Waals surface area contributed by atoms with Crippen LogP contribution in [0.4, 0.5) is 0 Å². The van der Waals surface area contributed by atoms with E-state index < -0.39 is 16.0 Å². The summed E-state index contributed by atoms with van der Waals surface area (Å²) in [4.78, 5) is 13.6. The van der Waals surface area contributed by atoms with E-state index in [0.29, 0.717) is 17.9 Å². The van der Waals surface area contributed by atoms with Gasteiger partial charge in [0, 0.05) is 30.2 Å². The number of aliphatic hydroxyl groups is 1. The highest BCUT2D eigenvalue weighted by Crippen LogP contribution is 2.22. The van der Waals surface area contributed by atoms with Gasteiger partial charge in [0.2, 0.25) is 10.0 Å². The van der Waals surface area contributed by atoms with Gasteiger partial charge in [-0.2, -0.15) is 11.8 Å². The first kappa shape index (κ1) is 18.0. The molecule has 0 spiro atoms. The van der Waals surface area contributed by atoms with Crippen molar-refractivity contribution in [3.8, 4) is 0 Å². The van der Waals surface area contributed by atoms with E-state index in [0.717, 1.165) is 5.75 Å². The molecule has 21 heavy (non-hydrogen) atoms. The van der Waals surface area contributed by atoms with Crippen LogP contribution in [0, 0.1) is 13.8 Å². The molecule has 1 aromatic heterocycles. The van der Waals surface area contributed by atoms with Crippen LogP contribution in [-0.2, 0) is 10.0 Å². The van der Waals surface area contributed by atoms with Crippen LogP contribution in [0.3, 0.4) is 0 Å². The zero-order valence-electron chi connectivity index (χ0n) is 12.0. The number of rotatable bonds is 9. The van der Waals surface area contributed by atoms with Gasteiger partial charge in [0.25, 0.3) is 0 Å². The van der Waals surface area contributed by atoms with Crippen LogP contribution in [0.1, 0.15) is 28.2 Å². The minimum atomic E-state index is -3.73. The number of sulfonamides is 1. The third kappa shape index (κ3) is 4.73. The molecule has 1 heterocycles. The number of aliphatic hydroxyl groups excluding tert-OH is 1. The normalized spacial score (nSPS) is 11.8. The Morgan fingerprint density at radius 2 is 2.00 bits per heavy atom. The van der Waals surface area contributed by atoms with Gasteiger partial charge in [-0.1, -0.05) is 0 Å². The topological polar surface area (TPSA) is 119 Å². The quantitative estimate of drug-likeness (QED) is 0.493. The van der Waals surface area contributed by atoms with Crippen molar-refractivity contribution in [3.05, 3.63) is 17.0 Å². The second-order valence-electron chi connectivity index (χ2n) is 4.47. The smallest absolute Gasteiger partial charge is 0.352 e. The van der Waals surface area contributed by atoms with Crippen LogP contribution in [-0.4, -0.2) is 54.2 Å². The summed E-state index contributed by atoms with van der Waals surface area (Å²) >= 11 is 1.54. The Hall–Kier alpha value is -1.03. The van der Waals surface area contributed by atoms with Gasteiger partial charge in [-0.05, 0) is 26.0 Å². The van der Waals surface area contributed by atoms with E-state index in [1.165, 1.54) is 13.8 Å². The van der Waals surface area contributed by atoms with Crippen LogP contribution in [0.15, 0.2) is 4.90 Å². The van der Waals surface area contributed by atoms with Gasteiger partial charge in [-0.25, -0.2) is 17.9 Å². The summed E-state index contributed by atoms with van der Waals surface area (Å²) in [5.41, 5.74) is 0.413. The molecule has 0 fully saturated rings. The number of carbonyl (C=O) groups is 1. The van der Waals surface area contributed by atoms with Crippen LogP contribution in [0.25, 0.3) is 0 Å². The number of aromatic amines is 1. The third-order valence-corrected chi connectivity index (χ3v) is 5.64. The summed E-state index contributed by atoms with van der Waals surface area (Å²) in [6.45, 7) is 3.38. The average Bonchev–Trinajstić information content (AvgIpc) is 2.69. The standard InChI is InChI=1S/C12H20N2O5S2/c1-8-10(12(16)17)14-9(2)11(8)21(18,19)13-4-7-20-6-3-5-15/h13-15H,3-7H2,1-2H3,(H,16,17). The zero-order chi connectivity index (χ0) is 16.0. The van der Waals surface area contributed by atoms with Crippen molar-refractivity contribution in [2.45, 2.75) is 25.2 Å². The Bertz CT molecular complexity index is 595. The Kier molecular flexibility index (Phi) is 6.72. The molecule has 0 aliphatic heterocycles. The number of nitrogens with one attached hydrogen (secondary N) is 2. The van der Waals surface area contributed by atoms with Crippen molar-refractivity contribution in [1.29, 1.82) is 0 Å². The van der Waals surface area contributed by atoms with Gasteiger partial charge < -0.3 is 15.2 Å². The molecular formula is C12H20N2O5S2. The van der Waals surface area contributed by atoms with Crippen LogP contribution >= 0.6 is 11.8 Å². The molecule has 0 aliphatic carbocycles. The minimum absolute atomic E-state index is 0.000239. The fourth-order valence-electron chi connectivity index (χ4n) is 1.94. The highest BCUT2D eigenvalue weighted by atomic mass is 32.2. The Balaban J connectivity index is 2.73. The first-order valence-corrected chi connectivity index (χ1v) is 9.05. The van der Waals surface area contributed by atoms with E-state index in [2.05, 4.69) is 9.71 Å². The Morgan fingerprint density at radius 1 is 1.33 bits per heavy atom. The molecule has 1 aromatic rings. The van der Waals surface area contributed by atoms with Gasteiger partial charge in [0.05, 0.1) is 0 Å². The highest BCUT2D eigenvalue weighted by Gasteiger charge is 2.25. The molecule has 1 rings (SSSR count). The zero-order valence-corrected chi connectivity index (χ0v) is 13.6. The lowest BCUT2D eigenvalue weighted by molar-refractivity contribution is 0.0690. The predicted octanol–water partition coefficient (Wildman–Crippen LogP) is 0.724. The molecule has 0 atom stereocenters. The molecule has 0 saturated heterocycles. The molecule has 4 N–H and O–H groups in total. The largest absolute Gasteiger partial charge is 0.477 e. The number of aromatic nitrogens is 1. The van der Waals surface area contributed by atoms with E-state index in [-0.39, 0.29) is 29.3 Å². The second-order valence-corrected chi connectivity index (χ2v) is 7.40. The average molecular weight is 336 g/mol. The molecule has 0 amide bonds. The fourth-order valence-corrected chi connectivity index (χ4v) is 4.33. The number of aryl methyl sites for hydroxylation is 1.